The monoisotopic (exact) mass is 343 g/mol. The molecule has 7 nitrogen and oxygen atoms in total. The van der Waals surface area contributed by atoms with Gasteiger partial charge in [0.05, 0.1) is 11.5 Å². The minimum atomic E-state index is -0.449. The van der Waals surface area contributed by atoms with Crippen LogP contribution in [0.25, 0.3) is 0 Å². The summed E-state index contributed by atoms with van der Waals surface area (Å²) in [7, 11) is 0. The number of para-hydroxylation sites is 3. The molecule has 0 bridgehead atoms. The zero-order valence-corrected chi connectivity index (χ0v) is 13.8. The SMILES string of the molecule is O=C(CCNc1ccccc1[N+](=O)[O-])NCCCOc1ccccc1. The van der Waals surface area contributed by atoms with Crippen LogP contribution in [0.1, 0.15) is 12.8 Å². The molecule has 7 heteroatoms. The average molecular weight is 343 g/mol. The predicted molar refractivity (Wildman–Crippen MR) is 95.8 cm³/mol. The molecule has 25 heavy (non-hydrogen) atoms. The summed E-state index contributed by atoms with van der Waals surface area (Å²) in [6.45, 7) is 1.38. The van der Waals surface area contributed by atoms with Crippen molar-refractivity contribution in [1.82, 2.24) is 5.32 Å². The number of ether oxygens (including phenoxy) is 1. The third-order valence-electron chi connectivity index (χ3n) is 3.42. The van der Waals surface area contributed by atoms with Crippen molar-refractivity contribution < 1.29 is 14.5 Å². The van der Waals surface area contributed by atoms with Crippen LogP contribution in [0.5, 0.6) is 5.75 Å². The van der Waals surface area contributed by atoms with Crippen LogP contribution in [0.2, 0.25) is 0 Å². The van der Waals surface area contributed by atoms with E-state index in [1.54, 1.807) is 18.2 Å². The molecule has 0 radical (unpaired) electrons. The highest BCUT2D eigenvalue weighted by molar-refractivity contribution is 5.76. The van der Waals surface area contributed by atoms with Crippen molar-refractivity contribution in [3.8, 4) is 5.75 Å². The number of nitrogens with zero attached hydrogens (tertiary/aromatic N) is 1. The van der Waals surface area contributed by atoms with E-state index >= 15 is 0 Å². The van der Waals surface area contributed by atoms with Gasteiger partial charge in [-0.3, -0.25) is 14.9 Å². The first-order valence-electron chi connectivity index (χ1n) is 8.08. The lowest BCUT2D eigenvalue weighted by atomic mass is 10.2. The van der Waals surface area contributed by atoms with Crippen LogP contribution < -0.4 is 15.4 Å². The Kier molecular flexibility index (Phi) is 7.24. The van der Waals surface area contributed by atoms with Crippen molar-refractivity contribution in [2.45, 2.75) is 12.8 Å². The van der Waals surface area contributed by atoms with E-state index in [1.165, 1.54) is 6.07 Å². The molecule has 132 valence electrons. The Morgan fingerprint density at radius 1 is 1.04 bits per heavy atom. The molecule has 0 aliphatic heterocycles. The molecule has 0 saturated carbocycles. The Bertz CT molecular complexity index is 692. The van der Waals surface area contributed by atoms with Gasteiger partial charge in [0.15, 0.2) is 0 Å². The van der Waals surface area contributed by atoms with Crippen LogP contribution >= 0.6 is 0 Å². The van der Waals surface area contributed by atoms with Crippen molar-refractivity contribution in [3.05, 3.63) is 64.7 Å². The molecule has 0 atom stereocenters. The van der Waals surface area contributed by atoms with E-state index in [-0.39, 0.29) is 18.0 Å². The standard InChI is InChI=1S/C18H21N3O4/c22-18(20-12-6-14-25-15-7-2-1-3-8-15)11-13-19-16-9-4-5-10-17(16)21(23)24/h1-5,7-10,19H,6,11-14H2,(H,20,22). The summed E-state index contributed by atoms with van der Waals surface area (Å²) in [5.41, 5.74) is 0.414. The molecular weight excluding hydrogens is 322 g/mol. The molecule has 2 aromatic rings. The predicted octanol–water partition coefficient (Wildman–Crippen LogP) is 2.98. The summed E-state index contributed by atoms with van der Waals surface area (Å²) in [4.78, 5) is 22.2. The van der Waals surface area contributed by atoms with Crippen LogP contribution in [-0.4, -0.2) is 30.5 Å². The van der Waals surface area contributed by atoms with Crippen molar-refractivity contribution in [2.75, 3.05) is 25.0 Å². The summed E-state index contributed by atoms with van der Waals surface area (Å²) in [6, 6.07) is 15.9. The Hall–Kier alpha value is -3.09. The number of hydrogen-bond acceptors (Lipinski definition) is 5. The van der Waals surface area contributed by atoms with Crippen LogP contribution in [0.4, 0.5) is 11.4 Å². The number of carbonyl (C=O) groups excluding carboxylic acids is 1. The van der Waals surface area contributed by atoms with Gasteiger partial charge in [-0.25, -0.2) is 0 Å². The first-order valence-corrected chi connectivity index (χ1v) is 8.08. The summed E-state index contributed by atoms with van der Waals surface area (Å²) >= 11 is 0. The van der Waals surface area contributed by atoms with Gasteiger partial charge in [-0.1, -0.05) is 30.3 Å². The first kappa shape index (κ1) is 18.3. The average Bonchev–Trinajstić information content (AvgIpc) is 2.62. The Balaban J connectivity index is 1.59. The van der Waals surface area contributed by atoms with E-state index in [4.69, 9.17) is 4.74 Å². The maximum absolute atomic E-state index is 11.8. The minimum Gasteiger partial charge on any atom is -0.494 e. The second kappa shape index (κ2) is 9.92. The molecule has 0 unspecified atom stereocenters. The third-order valence-corrected chi connectivity index (χ3v) is 3.42. The maximum Gasteiger partial charge on any atom is 0.292 e. The number of nitro benzene ring substituents is 1. The molecular formula is C18H21N3O4. The molecule has 0 aliphatic carbocycles. The molecule has 0 fully saturated rings. The quantitative estimate of drug-likeness (QED) is 0.393. The molecule has 0 aromatic heterocycles. The third kappa shape index (κ3) is 6.50. The highest BCUT2D eigenvalue weighted by Gasteiger charge is 2.11. The van der Waals surface area contributed by atoms with Gasteiger partial charge in [0.25, 0.3) is 5.69 Å². The van der Waals surface area contributed by atoms with E-state index in [0.717, 1.165) is 5.75 Å². The Labute approximate surface area is 146 Å². The number of nitro groups is 1. The van der Waals surface area contributed by atoms with Crippen molar-refractivity contribution in [3.63, 3.8) is 0 Å². The smallest absolute Gasteiger partial charge is 0.292 e. The van der Waals surface area contributed by atoms with Crippen molar-refractivity contribution in [1.29, 1.82) is 0 Å². The summed E-state index contributed by atoms with van der Waals surface area (Å²) in [5.74, 6) is 0.702. The van der Waals surface area contributed by atoms with E-state index < -0.39 is 4.92 Å². The molecule has 2 aromatic carbocycles. The van der Waals surface area contributed by atoms with Crippen molar-refractivity contribution in [2.24, 2.45) is 0 Å². The zero-order valence-electron chi connectivity index (χ0n) is 13.8. The number of hydrogen-bond donors (Lipinski definition) is 2. The summed E-state index contributed by atoms with van der Waals surface area (Å²) < 4.78 is 5.53. The molecule has 2 rings (SSSR count). The van der Waals surface area contributed by atoms with Crippen LogP contribution in [0.3, 0.4) is 0 Å². The maximum atomic E-state index is 11.8. The highest BCUT2D eigenvalue weighted by Crippen LogP contribution is 2.22. The fraction of sp³-hybridized carbons (Fsp3) is 0.278. The van der Waals surface area contributed by atoms with Crippen LogP contribution in [0.15, 0.2) is 54.6 Å². The van der Waals surface area contributed by atoms with Crippen molar-refractivity contribution >= 4 is 17.3 Å². The fourth-order valence-electron chi connectivity index (χ4n) is 2.19. The largest absolute Gasteiger partial charge is 0.494 e. The molecule has 1 amide bonds. The lowest BCUT2D eigenvalue weighted by Gasteiger charge is -2.08. The Morgan fingerprint density at radius 2 is 1.76 bits per heavy atom. The minimum absolute atomic E-state index is 0.000897. The normalized spacial score (nSPS) is 10.1. The van der Waals surface area contributed by atoms with Crippen LogP contribution in [0, 0.1) is 10.1 Å². The first-order chi connectivity index (χ1) is 12.2. The van der Waals surface area contributed by atoms with E-state index in [9.17, 15) is 14.9 Å². The van der Waals surface area contributed by atoms with Gasteiger partial charge in [-0.05, 0) is 24.6 Å². The molecule has 0 aliphatic rings. The second-order valence-electron chi connectivity index (χ2n) is 5.32. The number of anilines is 1. The molecule has 0 heterocycles. The highest BCUT2D eigenvalue weighted by atomic mass is 16.6. The van der Waals surface area contributed by atoms with Gasteiger partial charge >= 0.3 is 0 Å². The number of rotatable bonds is 10. The number of amides is 1. The molecule has 0 saturated heterocycles. The van der Waals surface area contributed by atoms with Crippen LogP contribution in [-0.2, 0) is 4.79 Å². The lowest BCUT2D eigenvalue weighted by molar-refractivity contribution is -0.384. The summed E-state index contributed by atoms with van der Waals surface area (Å²) in [6.07, 6.45) is 0.948. The molecule has 2 N–H and O–H groups in total. The number of benzene rings is 2. The number of nitrogens with one attached hydrogen (secondary N) is 2. The zero-order chi connectivity index (χ0) is 17.9. The van der Waals surface area contributed by atoms with Gasteiger partial charge in [-0.15, -0.1) is 0 Å². The number of carbonyl (C=O) groups is 1. The lowest BCUT2D eigenvalue weighted by Crippen LogP contribution is -2.27. The summed E-state index contributed by atoms with van der Waals surface area (Å²) in [5, 5.41) is 16.6. The van der Waals surface area contributed by atoms with Gasteiger partial charge in [0, 0.05) is 25.6 Å². The Morgan fingerprint density at radius 3 is 2.52 bits per heavy atom. The van der Waals surface area contributed by atoms with Gasteiger partial charge in [0.2, 0.25) is 5.91 Å². The van der Waals surface area contributed by atoms with Gasteiger partial charge in [0.1, 0.15) is 11.4 Å². The van der Waals surface area contributed by atoms with E-state index in [2.05, 4.69) is 10.6 Å². The van der Waals surface area contributed by atoms with Gasteiger partial charge < -0.3 is 15.4 Å². The van der Waals surface area contributed by atoms with E-state index in [1.807, 2.05) is 30.3 Å². The van der Waals surface area contributed by atoms with E-state index in [0.29, 0.717) is 31.8 Å². The fourth-order valence-corrected chi connectivity index (χ4v) is 2.19. The molecule has 0 spiro atoms. The van der Waals surface area contributed by atoms with Gasteiger partial charge in [-0.2, -0.15) is 0 Å². The second-order valence-corrected chi connectivity index (χ2v) is 5.32. The topological polar surface area (TPSA) is 93.5 Å².